The number of nitrogens with two attached hydrogens (primary N) is 2. The molecule has 1 atom stereocenters. The second-order valence-electron chi connectivity index (χ2n) is 9.67. The Bertz CT molecular complexity index is 1360. The van der Waals surface area contributed by atoms with Crippen LogP contribution in [0.4, 0.5) is 0 Å². The predicted molar refractivity (Wildman–Crippen MR) is 153 cm³/mol. The van der Waals surface area contributed by atoms with Gasteiger partial charge in [-0.3, -0.25) is 34.8 Å². The molecule has 0 unspecified atom stereocenters. The number of nitrogens with one attached hydrogen (secondary N) is 4. The maximum atomic E-state index is 13.1. The number of unbranched alkanes of at least 4 members (excludes halogenated alkanes) is 1. The van der Waals surface area contributed by atoms with Gasteiger partial charge in [-0.2, -0.15) is 0 Å². The Labute approximate surface area is 242 Å². The quantitative estimate of drug-likeness (QED) is 0.0944. The first-order chi connectivity index (χ1) is 20.0. The van der Waals surface area contributed by atoms with Crippen molar-refractivity contribution in [1.29, 1.82) is 10.8 Å². The molecule has 1 aliphatic rings. The van der Waals surface area contributed by atoms with E-state index in [-0.39, 0.29) is 49.2 Å². The number of carbonyl (C=O) groups is 5. The number of nitrogens with zero attached hydrogens (tertiary/aromatic N) is 2. The van der Waals surface area contributed by atoms with Crippen molar-refractivity contribution >= 4 is 41.3 Å². The topological polar surface area (TPSA) is 236 Å². The highest BCUT2D eigenvalue weighted by atomic mass is 16.4. The standard InChI is InChI=1S/C28H34N8O6/c29-24(30)17-4-8-19(9-5-17)26(40)33-12-2-1-3-21-28(42)35(16-23(38)39)13-14-36(21)22(37)15-34-27(41)20-10-6-18(7-11-20)25(31)32/h4-11,21H,1-3,12-16H2,(H3,29,30)(H3,31,32)(H,33,40)(H,34,41)(H,38,39)/t21-/m0/s1. The Hall–Kier alpha value is -5.27. The van der Waals surface area contributed by atoms with Crippen LogP contribution in [0.25, 0.3) is 0 Å². The summed E-state index contributed by atoms with van der Waals surface area (Å²) in [5.41, 5.74) is 12.5. The third kappa shape index (κ3) is 8.36. The summed E-state index contributed by atoms with van der Waals surface area (Å²) < 4.78 is 0. The molecule has 0 aromatic heterocycles. The number of amidine groups is 2. The monoisotopic (exact) mass is 578 g/mol. The summed E-state index contributed by atoms with van der Waals surface area (Å²) in [6.07, 6.45) is 1.19. The van der Waals surface area contributed by atoms with Crippen molar-refractivity contribution in [3.8, 4) is 0 Å². The van der Waals surface area contributed by atoms with Crippen molar-refractivity contribution in [2.24, 2.45) is 11.5 Å². The molecule has 2 aromatic carbocycles. The zero-order valence-corrected chi connectivity index (χ0v) is 22.9. The van der Waals surface area contributed by atoms with Gasteiger partial charge < -0.3 is 37.0 Å². The lowest BCUT2D eigenvalue weighted by atomic mass is 10.0. The van der Waals surface area contributed by atoms with Crippen molar-refractivity contribution in [3.05, 3.63) is 70.8 Å². The lowest BCUT2D eigenvalue weighted by Gasteiger charge is -2.40. The summed E-state index contributed by atoms with van der Waals surface area (Å²) in [6, 6.07) is 11.4. The predicted octanol–water partition coefficient (Wildman–Crippen LogP) is -0.291. The van der Waals surface area contributed by atoms with Gasteiger partial charge in [-0.25, -0.2) is 0 Å². The third-order valence-corrected chi connectivity index (χ3v) is 6.74. The molecule has 0 radical (unpaired) electrons. The van der Waals surface area contributed by atoms with Crippen molar-refractivity contribution in [1.82, 2.24) is 20.4 Å². The second kappa shape index (κ2) is 14.4. The number of hydrogen-bond acceptors (Lipinski definition) is 7. The molecule has 14 nitrogen and oxygen atoms in total. The van der Waals surface area contributed by atoms with E-state index < -0.39 is 36.3 Å². The number of benzene rings is 2. The highest BCUT2D eigenvalue weighted by Crippen LogP contribution is 2.18. The smallest absolute Gasteiger partial charge is 0.323 e. The van der Waals surface area contributed by atoms with Crippen LogP contribution in [-0.2, 0) is 14.4 Å². The summed E-state index contributed by atoms with van der Waals surface area (Å²) in [6.45, 7) is -0.387. The van der Waals surface area contributed by atoms with Crippen molar-refractivity contribution in [2.45, 2.75) is 25.3 Å². The summed E-state index contributed by atoms with van der Waals surface area (Å²) in [5, 5.41) is 29.4. The zero-order chi connectivity index (χ0) is 30.8. The first-order valence-corrected chi connectivity index (χ1v) is 13.2. The van der Waals surface area contributed by atoms with E-state index in [0.717, 1.165) is 0 Å². The minimum Gasteiger partial charge on any atom is -0.480 e. The summed E-state index contributed by atoms with van der Waals surface area (Å²) in [4.78, 5) is 64.9. The molecular formula is C28H34N8O6. The summed E-state index contributed by atoms with van der Waals surface area (Å²) in [7, 11) is 0. The van der Waals surface area contributed by atoms with E-state index in [1.807, 2.05) is 0 Å². The summed E-state index contributed by atoms with van der Waals surface area (Å²) in [5.74, 6) is -3.21. The van der Waals surface area contributed by atoms with Gasteiger partial charge in [0.15, 0.2) is 0 Å². The third-order valence-electron chi connectivity index (χ3n) is 6.74. The van der Waals surface area contributed by atoms with E-state index in [1.54, 1.807) is 24.3 Å². The van der Waals surface area contributed by atoms with Crippen LogP contribution >= 0.6 is 0 Å². The number of aliphatic carboxylic acids is 1. The van der Waals surface area contributed by atoms with Gasteiger partial charge in [0, 0.05) is 41.9 Å². The lowest BCUT2D eigenvalue weighted by molar-refractivity contribution is -0.155. The van der Waals surface area contributed by atoms with Gasteiger partial charge >= 0.3 is 5.97 Å². The maximum absolute atomic E-state index is 13.1. The molecule has 1 heterocycles. The molecule has 9 N–H and O–H groups in total. The molecule has 2 aromatic rings. The number of carboxylic acids is 1. The van der Waals surface area contributed by atoms with Gasteiger partial charge in [-0.15, -0.1) is 0 Å². The fourth-order valence-corrected chi connectivity index (χ4v) is 4.47. The van der Waals surface area contributed by atoms with E-state index in [4.69, 9.17) is 22.3 Å². The molecule has 0 spiro atoms. The molecule has 222 valence electrons. The Morgan fingerprint density at radius 2 is 1.31 bits per heavy atom. The Kier molecular flexibility index (Phi) is 10.7. The number of piperazine rings is 1. The van der Waals surface area contributed by atoms with Crippen LogP contribution in [0.1, 0.15) is 51.1 Å². The average Bonchev–Trinajstić information content (AvgIpc) is 2.97. The van der Waals surface area contributed by atoms with Gasteiger partial charge in [-0.05, 0) is 43.5 Å². The summed E-state index contributed by atoms with van der Waals surface area (Å²) >= 11 is 0. The minimum absolute atomic E-state index is 0.0479. The van der Waals surface area contributed by atoms with Crippen LogP contribution < -0.4 is 22.1 Å². The van der Waals surface area contributed by atoms with E-state index in [9.17, 15) is 29.1 Å². The van der Waals surface area contributed by atoms with Gasteiger partial charge in [0.2, 0.25) is 11.8 Å². The number of rotatable bonds is 13. The van der Waals surface area contributed by atoms with E-state index in [2.05, 4.69) is 10.6 Å². The van der Waals surface area contributed by atoms with Crippen molar-refractivity contribution in [2.75, 3.05) is 32.7 Å². The fourth-order valence-electron chi connectivity index (χ4n) is 4.47. The zero-order valence-electron chi connectivity index (χ0n) is 22.9. The molecule has 42 heavy (non-hydrogen) atoms. The average molecular weight is 579 g/mol. The van der Waals surface area contributed by atoms with Crippen molar-refractivity contribution < 1.29 is 29.1 Å². The van der Waals surface area contributed by atoms with Crippen LogP contribution in [0.5, 0.6) is 0 Å². The number of carbonyl (C=O) groups excluding carboxylic acids is 4. The number of nitrogen functional groups attached to an aromatic ring is 2. The first kappa shape index (κ1) is 31.3. The van der Waals surface area contributed by atoms with E-state index >= 15 is 0 Å². The molecule has 4 amide bonds. The van der Waals surface area contributed by atoms with Gasteiger partial charge in [0.25, 0.3) is 11.8 Å². The van der Waals surface area contributed by atoms with E-state index in [0.29, 0.717) is 36.1 Å². The number of hydrogen-bond donors (Lipinski definition) is 7. The van der Waals surface area contributed by atoms with Gasteiger partial charge in [-0.1, -0.05) is 24.3 Å². The molecule has 1 aliphatic heterocycles. The first-order valence-electron chi connectivity index (χ1n) is 13.2. The largest absolute Gasteiger partial charge is 0.480 e. The molecule has 0 saturated carbocycles. The highest BCUT2D eigenvalue weighted by Gasteiger charge is 2.37. The lowest BCUT2D eigenvalue weighted by Crippen LogP contribution is -2.60. The number of carboxylic acid groups (broad SMARTS) is 1. The van der Waals surface area contributed by atoms with E-state index in [1.165, 1.54) is 34.1 Å². The molecule has 1 fully saturated rings. The molecule has 0 aliphatic carbocycles. The molecule has 14 heteroatoms. The minimum atomic E-state index is -1.16. The fraction of sp³-hybridized carbons (Fsp3) is 0.321. The SMILES string of the molecule is N=C(N)c1ccc(C(=O)NCCCC[C@H]2C(=O)N(CC(=O)O)CCN2C(=O)CNC(=O)c2ccc(C(=N)N)cc2)cc1. The van der Waals surface area contributed by atoms with Crippen molar-refractivity contribution in [3.63, 3.8) is 0 Å². The Balaban J connectivity index is 1.55. The molecule has 1 saturated heterocycles. The van der Waals surface area contributed by atoms with Gasteiger partial charge in [0.1, 0.15) is 24.3 Å². The Morgan fingerprint density at radius 3 is 1.81 bits per heavy atom. The highest BCUT2D eigenvalue weighted by molar-refractivity contribution is 6.00. The van der Waals surface area contributed by atoms with Crippen LogP contribution in [0.3, 0.4) is 0 Å². The second-order valence-corrected chi connectivity index (χ2v) is 9.67. The number of amides is 4. The van der Waals surface area contributed by atoms with Crippen LogP contribution in [-0.4, -0.2) is 94.9 Å². The Morgan fingerprint density at radius 1 is 0.810 bits per heavy atom. The maximum Gasteiger partial charge on any atom is 0.323 e. The molecule has 3 rings (SSSR count). The van der Waals surface area contributed by atoms with Gasteiger partial charge in [0.05, 0.1) is 6.54 Å². The van der Waals surface area contributed by atoms with Crippen LogP contribution in [0.2, 0.25) is 0 Å². The molecule has 0 bridgehead atoms. The molecular weight excluding hydrogens is 544 g/mol. The normalized spacial score (nSPS) is 14.7. The van der Waals surface area contributed by atoms with Crippen LogP contribution in [0.15, 0.2) is 48.5 Å². The van der Waals surface area contributed by atoms with Crippen LogP contribution in [0, 0.1) is 10.8 Å².